The number of nitrogens with zero attached hydrogens (tertiary/aromatic N) is 1. The summed E-state index contributed by atoms with van der Waals surface area (Å²) in [5, 5.41) is 0. The van der Waals surface area contributed by atoms with Crippen molar-refractivity contribution in [3.8, 4) is 22.4 Å². The summed E-state index contributed by atoms with van der Waals surface area (Å²) in [7, 11) is 0. The summed E-state index contributed by atoms with van der Waals surface area (Å²) in [5.41, 5.74) is 5.93. The van der Waals surface area contributed by atoms with Crippen LogP contribution in [0.15, 0.2) is 108 Å². The third-order valence-corrected chi connectivity index (χ3v) is 4.80. The van der Waals surface area contributed by atoms with Crippen molar-refractivity contribution in [3.63, 3.8) is 0 Å². The van der Waals surface area contributed by atoms with Gasteiger partial charge in [0, 0.05) is 12.3 Å². The number of pyridine rings is 1. The smallest absolute Gasteiger partial charge is 0.255 e. The molecule has 0 fully saturated rings. The van der Waals surface area contributed by atoms with Crippen LogP contribution in [0.2, 0.25) is 0 Å². The number of allylic oxidation sites excluding steroid dienone is 1. The summed E-state index contributed by atoms with van der Waals surface area (Å²) in [4.78, 5) is 13.1. The molecule has 2 heteroatoms. The minimum absolute atomic E-state index is 0.0458. The molecule has 0 amide bonds. The van der Waals surface area contributed by atoms with Crippen LogP contribution in [-0.2, 0) is 0 Å². The molecule has 0 saturated heterocycles. The zero-order valence-corrected chi connectivity index (χ0v) is 15.7. The van der Waals surface area contributed by atoms with Crippen LogP contribution in [0.1, 0.15) is 12.5 Å². The Balaban J connectivity index is 1.92. The van der Waals surface area contributed by atoms with Crippen LogP contribution >= 0.6 is 0 Å². The van der Waals surface area contributed by atoms with E-state index in [-0.39, 0.29) is 5.56 Å². The van der Waals surface area contributed by atoms with E-state index in [0.29, 0.717) is 0 Å². The van der Waals surface area contributed by atoms with Gasteiger partial charge in [0.1, 0.15) is 0 Å². The van der Waals surface area contributed by atoms with Crippen molar-refractivity contribution >= 4 is 11.8 Å². The first kappa shape index (κ1) is 17.7. The van der Waals surface area contributed by atoms with Gasteiger partial charge in [-0.05, 0) is 40.8 Å². The Morgan fingerprint density at radius 2 is 1.21 bits per heavy atom. The van der Waals surface area contributed by atoms with E-state index in [2.05, 4.69) is 18.2 Å². The molecule has 0 N–H and O–H groups in total. The van der Waals surface area contributed by atoms with E-state index < -0.39 is 0 Å². The molecule has 0 atom stereocenters. The van der Waals surface area contributed by atoms with Crippen molar-refractivity contribution in [1.29, 1.82) is 0 Å². The third-order valence-electron chi connectivity index (χ3n) is 4.80. The minimum atomic E-state index is -0.0458. The molecule has 4 aromatic rings. The van der Waals surface area contributed by atoms with E-state index in [1.165, 1.54) is 0 Å². The van der Waals surface area contributed by atoms with Crippen LogP contribution in [0, 0.1) is 0 Å². The number of benzene rings is 3. The maximum absolute atomic E-state index is 13.1. The molecule has 3 aromatic carbocycles. The molecular formula is C26H21NO. The van der Waals surface area contributed by atoms with Crippen molar-refractivity contribution < 1.29 is 0 Å². The summed E-state index contributed by atoms with van der Waals surface area (Å²) in [6.07, 6.45) is 1.93. The predicted molar refractivity (Wildman–Crippen MR) is 118 cm³/mol. The lowest BCUT2D eigenvalue weighted by Gasteiger charge is -2.13. The number of hydrogen-bond acceptors (Lipinski definition) is 1. The first-order valence-corrected chi connectivity index (χ1v) is 9.33. The van der Waals surface area contributed by atoms with Gasteiger partial charge in [0.2, 0.25) is 0 Å². The monoisotopic (exact) mass is 363 g/mol. The van der Waals surface area contributed by atoms with Crippen LogP contribution < -0.4 is 5.56 Å². The van der Waals surface area contributed by atoms with E-state index in [0.717, 1.165) is 33.5 Å². The number of rotatable bonds is 4. The molecule has 0 radical (unpaired) electrons. The Morgan fingerprint density at radius 1 is 0.679 bits per heavy atom. The molecule has 1 aromatic heterocycles. The highest BCUT2D eigenvalue weighted by molar-refractivity contribution is 5.78. The van der Waals surface area contributed by atoms with Crippen LogP contribution in [-0.4, -0.2) is 4.57 Å². The van der Waals surface area contributed by atoms with Gasteiger partial charge in [0.15, 0.2) is 0 Å². The summed E-state index contributed by atoms with van der Waals surface area (Å²) >= 11 is 0. The lowest BCUT2D eigenvalue weighted by molar-refractivity contribution is 1.07. The van der Waals surface area contributed by atoms with E-state index in [4.69, 9.17) is 0 Å². The van der Waals surface area contributed by atoms with Crippen molar-refractivity contribution in [1.82, 2.24) is 4.57 Å². The van der Waals surface area contributed by atoms with E-state index >= 15 is 0 Å². The molecule has 0 unspecified atom stereocenters. The Kier molecular flexibility index (Phi) is 5.03. The zero-order chi connectivity index (χ0) is 19.3. The van der Waals surface area contributed by atoms with Gasteiger partial charge in [-0.25, -0.2) is 0 Å². The zero-order valence-electron chi connectivity index (χ0n) is 15.7. The molecular weight excluding hydrogens is 342 g/mol. The Bertz CT molecular complexity index is 1160. The van der Waals surface area contributed by atoms with Crippen molar-refractivity contribution in [2.75, 3.05) is 0 Å². The SMILES string of the molecule is C/C(=C\n1c(-c2ccccc2)cc(-c2ccccc2)cc1=O)c1ccccc1. The lowest BCUT2D eigenvalue weighted by atomic mass is 10.0. The second-order valence-corrected chi connectivity index (χ2v) is 6.75. The maximum Gasteiger partial charge on any atom is 0.255 e. The van der Waals surface area contributed by atoms with Crippen LogP contribution in [0.5, 0.6) is 0 Å². The Hall–Kier alpha value is -3.65. The largest absolute Gasteiger partial charge is 0.283 e. The van der Waals surface area contributed by atoms with Crippen molar-refractivity contribution in [3.05, 3.63) is 119 Å². The average molecular weight is 363 g/mol. The lowest BCUT2D eigenvalue weighted by Crippen LogP contribution is -2.17. The topological polar surface area (TPSA) is 22.0 Å². The molecule has 1 heterocycles. The van der Waals surface area contributed by atoms with Gasteiger partial charge in [0.05, 0.1) is 5.69 Å². The fourth-order valence-corrected chi connectivity index (χ4v) is 3.31. The highest BCUT2D eigenvalue weighted by Gasteiger charge is 2.10. The first-order chi connectivity index (χ1) is 13.7. The molecule has 0 aliphatic heterocycles. The fourth-order valence-electron chi connectivity index (χ4n) is 3.31. The van der Waals surface area contributed by atoms with Gasteiger partial charge in [-0.1, -0.05) is 91.0 Å². The van der Waals surface area contributed by atoms with Gasteiger partial charge in [-0.2, -0.15) is 0 Å². The standard InChI is InChI=1S/C26H21NO/c1-20(21-11-5-2-6-12-21)19-27-25(23-15-9-4-10-16-23)17-24(18-26(27)28)22-13-7-3-8-14-22/h2-19H,1H3/b20-19+. The average Bonchev–Trinajstić information content (AvgIpc) is 2.76. The molecule has 28 heavy (non-hydrogen) atoms. The van der Waals surface area contributed by atoms with Crippen LogP contribution in [0.4, 0.5) is 0 Å². The van der Waals surface area contributed by atoms with Crippen molar-refractivity contribution in [2.45, 2.75) is 6.92 Å². The van der Waals surface area contributed by atoms with Gasteiger partial charge in [0.25, 0.3) is 5.56 Å². The quantitative estimate of drug-likeness (QED) is 0.423. The molecule has 2 nitrogen and oxygen atoms in total. The fraction of sp³-hybridized carbons (Fsp3) is 0.0385. The predicted octanol–water partition coefficient (Wildman–Crippen LogP) is 6.20. The van der Waals surface area contributed by atoms with E-state index in [1.54, 1.807) is 10.6 Å². The Morgan fingerprint density at radius 3 is 1.82 bits per heavy atom. The summed E-state index contributed by atoms with van der Waals surface area (Å²) in [6, 6.07) is 33.9. The van der Waals surface area contributed by atoms with Gasteiger partial charge < -0.3 is 0 Å². The molecule has 0 aliphatic rings. The highest BCUT2D eigenvalue weighted by Crippen LogP contribution is 2.26. The van der Waals surface area contributed by atoms with Crippen LogP contribution in [0.3, 0.4) is 0 Å². The third kappa shape index (κ3) is 3.72. The van der Waals surface area contributed by atoms with Crippen molar-refractivity contribution in [2.24, 2.45) is 0 Å². The van der Waals surface area contributed by atoms with Gasteiger partial charge in [-0.15, -0.1) is 0 Å². The molecule has 0 bridgehead atoms. The van der Waals surface area contributed by atoms with E-state index in [9.17, 15) is 4.79 Å². The highest BCUT2D eigenvalue weighted by atomic mass is 16.1. The molecule has 0 saturated carbocycles. The molecule has 0 aliphatic carbocycles. The molecule has 4 rings (SSSR count). The van der Waals surface area contributed by atoms with Gasteiger partial charge >= 0.3 is 0 Å². The summed E-state index contributed by atoms with van der Waals surface area (Å²) in [5.74, 6) is 0. The normalized spacial score (nSPS) is 11.4. The summed E-state index contributed by atoms with van der Waals surface area (Å²) < 4.78 is 1.74. The minimum Gasteiger partial charge on any atom is -0.283 e. The van der Waals surface area contributed by atoms with Gasteiger partial charge in [-0.3, -0.25) is 9.36 Å². The van der Waals surface area contributed by atoms with Crippen LogP contribution in [0.25, 0.3) is 34.2 Å². The number of hydrogen-bond donors (Lipinski definition) is 0. The van der Waals surface area contributed by atoms with E-state index in [1.807, 2.05) is 92.0 Å². The number of aromatic nitrogens is 1. The molecule has 136 valence electrons. The summed E-state index contributed by atoms with van der Waals surface area (Å²) in [6.45, 7) is 2.03. The second-order valence-electron chi connectivity index (χ2n) is 6.75. The Labute approximate surface area is 165 Å². The first-order valence-electron chi connectivity index (χ1n) is 9.33. The second kappa shape index (κ2) is 7.93. The maximum atomic E-state index is 13.1. The molecule has 0 spiro atoms.